The van der Waals surface area contributed by atoms with E-state index in [-0.39, 0.29) is 6.61 Å². The summed E-state index contributed by atoms with van der Waals surface area (Å²) < 4.78 is 6.68. The Morgan fingerprint density at radius 3 is 2.40 bits per heavy atom. The molecule has 0 aromatic carbocycles. The van der Waals surface area contributed by atoms with E-state index in [1.54, 1.807) is 0 Å². The van der Waals surface area contributed by atoms with Gasteiger partial charge in [0, 0.05) is 6.10 Å². The van der Waals surface area contributed by atoms with Crippen molar-refractivity contribution in [3.05, 3.63) is 12.2 Å². The predicted molar refractivity (Wildman–Crippen MR) is 89.5 cm³/mol. The lowest BCUT2D eigenvalue weighted by molar-refractivity contribution is 0.0750. The molecule has 0 saturated heterocycles. The van der Waals surface area contributed by atoms with Crippen molar-refractivity contribution in [1.82, 2.24) is 0 Å². The molecule has 1 N–H and O–H groups in total. The van der Waals surface area contributed by atoms with E-state index in [1.165, 1.54) is 32.1 Å². The van der Waals surface area contributed by atoms with Gasteiger partial charge in [0.2, 0.25) is 0 Å². The highest BCUT2D eigenvalue weighted by molar-refractivity contribution is 6.74. The molecule has 0 aliphatic heterocycles. The van der Waals surface area contributed by atoms with Gasteiger partial charge in [-0.15, -0.1) is 0 Å². The van der Waals surface area contributed by atoms with Gasteiger partial charge in [0.1, 0.15) is 0 Å². The molecule has 118 valence electrons. The Bertz CT molecular complexity index is 305. The molecular formula is C17H34O2Si. The van der Waals surface area contributed by atoms with E-state index < -0.39 is 8.32 Å². The first kappa shape index (κ1) is 17.9. The fourth-order valence-electron chi connectivity index (χ4n) is 2.72. The first-order chi connectivity index (χ1) is 9.28. The Balaban J connectivity index is 2.58. The number of aliphatic hydroxyl groups excluding tert-OH is 1. The first-order valence-electron chi connectivity index (χ1n) is 8.21. The number of hydrogen-bond acceptors (Lipinski definition) is 2. The molecule has 2 atom stereocenters. The largest absolute Gasteiger partial charge is 0.414 e. The van der Waals surface area contributed by atoms with Gasteiger partial charge in [-0.25, -0.2) is 0 Å². The summed E-state index contributed by atoms with van der Waals surface area (Å²) in [6.07, 6.45) is 11.9. The van der Waals surface area contributed by atoms with Gasteiger partial charge in [0.15, 0.2) is 8.32 Å². The fourth-order valence-corrected chi connectivity index (χ4v) is 4.14. The van der Waals surface area contributed by atoms with E-state index in [9.17, 15) is 0 Å². The van der Waals surface area contributed by atoms with Gasteiger partial charge in [-0.1, -0.05) is 45.8 Å². The van der Waals surface area contributed by atoms with Crippen molar-refractivity contribution in [2.24, 2.45) is 5.92 Å². The van der Waals surface area contributed by atoms with Crippen LogP contribution in [-0.2, 0) is 4.43 Å². The van der Waals surface area contributed by atoms with Crippen LogP contribution in [0.4, 0.5) is 0 Å². The van der Waals surface area contributed by atoms with E-state index in [0.29, 0.717) is 17.1 Å². The van der Waals surface area contributed by atoms with Crippen molar-refractivity contribution in [3.63, 3.8) is 0 Å². The first-order valence-corrected chi connectivity index (χ1v) is 11.1. The Hall–Kier alpha value is -0.123. The second-order valence-corrected chi connectivity index (χ2v) is 12.4. The molecule has 20 heavy (non-hydrogen) atoms. The molecule has 0 bridgehead atoms. The number of allylic oxidation sites excluding steroid dienone is 1. The predicted octanol–water partition coefficient (Wildman–Crippen LogP) is 4.90. The van der Waals surface area contributed by atoms with E-state index in [4.69, 9.17) is 9.53 Å². The van der Waals surface area contributed by atoms with Crippen LogP contribution in [0, 0.1) is 5.92 Å². The van der Waals surface area contributed by atoms with Crippen molar-refractivity contribution < 1.29 is 9.53 Å². The zero-order valence-corrected chi connectivity index (χ0v) is 15.1. The standard InChI is InChI=1S/C17H34O2Si/c1-17(2,3)20(4,5)19-16-13-9-8-12-15(16)11-7-6-10-14-18/h6,10,15-16,18H,7-9,11-14H2,1-5H3/b10-6+/t15-,16-/m0/s1. The molecule has 1 rings (SSSR count). The van der Waals surface area contributed by atoms with Crippen LogP contribution in [0.1, 0.15) is 59.3 Å². The van der Waals surface area contributed by atoms with E-state index in [2.05, 4.69) is 39.9 Å². The van der Waals surface area contributed by atoms with Crippen LogP contribution in [-0.4, -0.2) is 26.1 Å². The summed E-state index contributed by atoms with van der Waals surface area (Å²) in [5, 5.41) is 9.09. The minimum atomic E-state index is -1.65. The van der Waals surface area contributed by atoms with Gasteiger partial charge in [0.25, 0.3) is 0 Å². The van der Waals surface area contributed by atoms with Crippen LogP contribution < -0.4 is 0 Å². The topological polar surface area (TPSA) is 29.5 Å². The quantitative estimate of drug-likeness (QED) is 0.558. The summed E-state index contributed by atoms with van der Waals surface area (Å²) in [4.78, 5) is 0. The maximum atomic E-state index is 8.79. The van der Waals surface area contributed by atoms with Gasteiger partial charge in [0.05, 0.1) is 6.61 Å². The SMILES string of the molecule is CC(C)(C)[Si](C)(C)O[C@H]1CCCC[C@@H]1CC/C=C/CO. The average molecular weight is 299 g/mol. The number of rotatable bonds is 6. The molecule has 0 aromatic rings. The summed E-state index contributed by atoms with van der Waals surface area (Å²) in [5.41, 5.74) is 0. The number of hydrogen-bond donors (Lipinski definition) is 1. The Labute approximate surface area is 126 Å². The minimum absolute atomic E-state index is 0.161. The highest BCUT2D eigenvalue weighted by Crippen LogP contribution is 2.41. The molecule has 1 fully saturated rings. The Morgan fingerprint density at radius 1 is 1.15 bits per heavy atom. The van der Waals surface area contributed by atoms with Gasteiger partial charge >= 0.3 is 0 Å². The molecule has 0 amide bonds. The highest BCUT2D eigenvalue weighted by atomic mass is 28.4. The van der Waals surface area contributed by atoms with Crippen molar-refractivity contribution in [1.29, 1.82) is 0 Å². The van der Waals surface area contributed by atoms with Gasteiger partial charge in [-0.2, -0.15) is 0 Å². The molecule has 0 spiro atoms. The van der Waals surface area contributed by atoms with Crippen molar-refractivity contribution in [3.8, 4) is 0 Å². The molecule has 1 aliphatic carbocycles. The van der Waals surface area contributed by atoms with E-state index in [1.807, 2.05) is 6.08 Å². The highest BCUT2D eigenvalue weighted by Gasteiger charge is 2.40. The van der Waals surface area contributed by atoms with Crippen LogP contribution in [0.15, 0.2) is 12.2 Å². The third kappa shape index (κ3) is 5.34. The molecule has 1 aliphatic rings. The third-order valence-electron chi connectivity index (χ3n) is 5.07. The van der Waals surface area contributed by atoms with E-state index in [0.717, 1.165) is 6.42 Å². The molecule has 2 nitrogen and oxygen atoms in total. The van der Waals surface area contributed by atoms with Crippen molar-refractivity contribution in [2.45, 2.75) is 83.5 Å². The van der Waals surface area contributed by atoms with Crippen LogP contribution in [0.3, 0.4) is 0 Å². The van der Waals surface area contributed by atoms with Crippen LogP contribution in [0.5, 0.6) is 0 Å². The molecule has 0 unspecified atom stereocenters. The molecule has 1 saturated carbocycles. The maximum Gasteiger partial charge on any atom is 0.192 e. The minimum Gasteiger partial charge on any atom is -0.414 e. The average Bonchev–Trinajstić information content (AvgIpc) is 2.35. The normalized spacial score (nSPS) is 25.3. The van der Waals surface area contributed by atoms with Gasteiger partial charge in [-0.05, 0) is 49.7 Å². The maximum absolute atomic E-state index is 8.79. The monoisotopic (exact) mass is 298 g/mol. The molecular weight excluding hydrogens is 264 g/mol. The summed E-state index contributed by atoms with van der Waals surface area (Å²) in [7, 11) is -1.65. The lowest BCUT2D eigenvalue weighted by atomic mass is 9.83. The molecule has 0 heterocycles. The Morgan fingerprint density at radius 2 is 1.80 bits per heavy atom. The fraction of sp³-hybridized carbons (Fsp3) is 0.882. The molecule has 3 heteroatoms. The summed E-state index contributed by atoms with van der Waals surface area (Å²) in [6.45, 7) is 11.9. The smallest absolute Gasteiger partial charge is 0.192 e. The summed E-state index contributed by atoms with van der Waals surface area (Å²) >= 11 is 0. The second kappa shape index (κ2) is 7.76. The zero-order valence-electron chi connectivity index (χ0n) is 14.1. The lowest BCUT2D eigenvalue weighted by Gasteiger charge is -2.43. The van der Waals surface area contributed by atoms with Crippen molar-refractivity contribution in [2.75, 3.05) is 6.61 Å². The number of aliphatic hydroxyl groups is 1. The van der Waals surface area contributed by atoms with Crippen molar-refractivity contribution >= 4 is 8.32 Å². The third-order valence-corrected chi connectivity index (χ3v) is 9.57. The molecule has 0 radical (unpaired) electrons. The zero-order chi connectivity index (χ0) is 15.2. The molecule has 0 aromatic heterocycles. The van der Waals surface area contributed by atoms with Crippen LogP contribution in [0.2, 0.25) is 18.1 Å². The Kier molecular flexibility index (Phi) is 6.96. The lowest BCUT2D eigenvalue weighted by Crippen LogP contribution is -2.46. The summed E-state index contributed by atoms with van der Waals surface area (Å²) in [5.74, 6) is 0.709. The van der Waals surface area contributed by atoms with Gasteiger partial charge in [-0.3, -0.25) is 0 Å². The van der Waals surface area contributed by atoms with E-state index >= 15 is 0 Å². The van der Waals surface area contributed by atoms with Crippen LogP contribution >= 0.6 is 0 Å². The summed E-state index contributed by atoms with van der Waals surface area (Å²) in [6, 6.07) is 0. The van der Waals surface area contributed by atoms with Gasteiger partial charge < -0.3 is 9.53 Å². The second-order valence-electron chi connectivity index (χ2n) is 7.69. The van der Waals surface area contributed by atoms with Crippen LogP contribution in [0.25, 0.3) is 0 Å².